The third-order valence-corrected chi connectivity index (χ3v) is 3.42. The number of rotatable bonds is 7. The Hall–Kier alpha value is -2.50. The molecule has 2 rings (SSSR count). The van der Waals surface area contributed by atoms with E-state index < -0.39 is 12.1 Å². The average molecular weight is 319 g/mol. The lowest BCUT2D eigenvalue weighted by Crippen LogP contribution is -2.36. The van der Waals surface area contributed by atoms with Crippen LogP contribution in [0.2, 0.25) is 0 Å². The van der Waals surface area contributed by atoms with E-state index in [-0.39, 0.29) is 11.9 Å². The van der Waals surface area contributed by atoms with Crippen LogP contribution in [-0.4, -0.2) is 38.2 Å². The summed E-state index contributed by atoms with van der Waals surface area (Å²) in [7, 11) is 3.10. The Balaban J connectivity index is 1.95. The first kappa shape index (κ1) is 16.9. The van der Waals surface area contributed by atoms with Crippen molar-refractivity contribution in [2.24, 2.45) is 0 Å². The van der Waals surface area contributed by atoms with E-state index in [1.807, 2.05) is 0 Å². The highest BCUT2D eigenvalue weighted by Crippen LogP contribution is 2.25. The maximum atomic E-state index is 11.8. The normalized spacial score (nSPS) is 15.1. The highest BCUT2D eigenvalue weighted by Gasteiger charge is 2.26. The number of ether oxygens (including phenoxy) is 3. The molecule has 0 aromatic heterocycles. The monoisotopic (exact) mass is 319 g/mol. The summed E-state index contributed by atoms with van der Waals surface area (Å²) >= 11 is 0. The van der Waals surface area contributed by atoms with Crippen LogP contribution in [0.1, 0.15) is 25.3 Å². The first-order valence-electron chi connectivity index (χ1n) is 7.44. The Kier molecular flexibility index (Phi) is 5.62. The molecular formula is C17H21NO5. The predicted molar refractivity (Wildman–Crippen MR) is 85.3 cm³/mol. The Bertz CT molecular complexity index is 607. The average Bonchev–Trinajstić information content (AvgIpc) is 3.36. The third kappa shape index (κ3) is 5.02. The summed E-state index contributed by atoms with van der Waals surface area (Å²) in [6, 6.07) is 5.49. The molecule has 1 saturated carbocycles. The van der Waals surface area contributed by atoms with Gasteiger partial charge in [0.15, 0.2) is 6.10 Å². The summed E-state index contributed by atoms with van der Waals surface area (Å²) in [6.45, 7) is 1.55. The van der Waals surface area contributed by atoms with Gasteiger partial charge < -0.3 is 19.5 Å². The number of nitrogens with one attached hydrogen (secondary N) is 1. The minimum absolute atomic E-state index is 0.236. The van der Waals surface area contributed by atoms with Gasteiger partial charge in [-0.3, -0.25) is 4.79 Å². The van der Waals surface area contributed by atoms with E-state index in [2.05, 4.69) is 5.32 Å². The molecule has 1 aliphatic carbocycles. The number of hydrogen-bond donors (Lipinski definition) is 1. The second-order valence-electron chi connectivity index (χ2n) is 5.30. The molecule has 1 aromatic rings. The lowest BCUT2D eigenvalue weighted by atomic mass is 10.1. The van der Waals surface area contributed by atoms with Crippen molar-refractivity contribution in [3.05, 3.63) is 29.8 Å². The molecule has 0 unspecified atom stereocenters. The fraction of sp³-hybridized carbons (Fsp3) is 0.412. The van der Waals surface area contributed by atoms with Crippen LogP contribution in [0.25, 0.3) is 6.08 Å². The summed E-state index contributed by atoms with van der Waals surface area (Å²) in [5.74, 6) is 0.395. The molecule has 0 spiro atoms. The lowest BCUT2D eigenvalue weighted by Gasteiger charge is -2.11. The van der Waals surface area contributed by atoms with Crippen molar-refractivity contribution >= 4 is 18.0 Å². The molecule has 1 fully saturated rings. The highest BCUT2D eigenvalue weighted by atomic mass is 16.5. The van der Waals surface area contributed by atoms with Gasteiger partial charge in [0.1, 0.15) is 11.5 Å². The van der Waals surface area contributed by atoms with E-state index in [1.54, 1.807) is 45.4 Å². The number of methoxy groups -OCH3 is 2. The fourth-order valence-electron chi connectivity index (χ4n) is 1.94. The van der Waals surface area contributed by atoms with Crippen LogP contribution in [0, 0.1) is 0 Å². The van der Waals surface area contributed by atoms with Crippen molar-refractivity contribution in [3.8, 4) is 11.5 Å². The fourth-order valence-corrected chi connectivity index (χ4v) is 1.94. The van der Waals surface area contributed by atoms with Gasteiger partial charge in [0.05, 0.1) is 14.2 Å². The van der Waals surface area contributed by atoms with Crippen LogP contribution in [0.3, 0.4) is 0 Å². The van der Waals surface area contributed by atoms with Gasteiger partial charge in [0, 0.05) is 17.7 Å². The third-order valence-electron chi connectivity index (χ3n) is 3.42. The standard InChI is InChI=1S/C17H21NO5/c1-11(17(20)18-13-5-6-13)23-16(19)9-4-12-10-14(21-2)7-8-15(12)22-3/h4,7-11,13H,5-6H2,1-3H3,(H,18,20)/b9-4+/t11-/m0/s1. The van der Waals surface area contributed by atoms with Gasteiger partial charge in [-0.25, -0.2) is 4.79 Å². The first-order chi connectivity index (χ1) is 11.0. The molecule has 1 aliphatic rings. The molecule has 1 aromatic carbocycles. The van der Waals surface area contributed by atoms with Crippen molar-refractivity contribution in [1.82, 2.24) is 5.32 Å². The maximum absolute atomic E-state index is 11.8. The lowest BCUT2D eigenvalue weighted by molar-refractivity contribution is -0.150. The van der Waals surface area contributed by atoms with E-state index in [1.165, 1.54) is 6.08 Å². The molecule has 1 amide bonds. The zero-order valence-corrected chi connectivity index (χ0v) is 13.5. The highest BCUT2D eigenvalue weighted by molar-refractivity contribution is 5.90. The number of carbonyl (C=O) groups is 2. The number of hydrogen-bond acceptors (Lipinski definition) is 5. The van der Waals surface area contributed by atoms with Gasteiger partial charge in [-0.1, -0.05) is 0 Å². The Morgan fingerprint density at radius 2 is 2.00 bits per heavy atom. The molecule has 0 heterocycles. The molecule has 0 saturated heterocycles. The molecular weight excluding hydrogens is 298 g/mol. The maximum Gasteiger partial charge on any atom is 0.331 e. The first-order valence-corrected chi connectivity index (χ1v) is 7.44. The second-order valence-corrected chi connectivity index (χ2v) is 5.30. The molecule has 23 heavy (non-hydrogen) atoms. The molecule has 0 radical (unpaired) electrons. The minimum Gasteiger partial charge on any atom is -0.497 e. The zero-order chi connectivity index (χ0) is 16.8. The molecule has 0 aliphatic heterocycles. The SMILES string of the molecule is COc1ccc(OC)c(/C=C/C(=O)O[C@@H](C)C(=O)NC2CC2)c1. The van der Waals surface area contributed by atoms with Gasteiger partial charge in [0.2, 0.25) is 0 Å². The van der Waals surface area contributed by atoms with Crippen molar-refractivity contribution < 1.29 is 23.8 Å². The van der Waals surface area contributed by atoms with Crippen molar-refractivity contribution in [2.45, 2.75) is 31.9 Å². The smallest absolute Gasteiger partial charge is 0.331 e. The topological polar surface area (TPSA) is 73.9 Å². The number of benzene rings is 1. The van der Waals surface area contributed by atoms with Gasteiger partial charge in [-0.15, -0.1) is 0 Å². The number of amides is 1. The van der Waals surface area contributed by atoms with Gasteiger partial charge >= 0.3 is 5.97 Å². The van der Waals surface area contributed by atoms with Crippen LogP contribution < -0.4 is 14.8 Å². The molecule has 0 bridgehead atoms. The van der Waals surface area contributed by atoms with Crippen LogP contribution in [0.5, 0.6) is 11.5 Å². The van der Waals surface area contributed by atoms with Crippen molar-refractivity contribution in [3.63, 3.8) is 0 Å². The van der Waals surface area contributed by atoms with Crippen LogP contribution in [0.4, 0.5) is 0 Å². The summed E-state index contributed by atoms with van der Waals surface area (Å²) in [5.41, 5.74) is 0.680. The second kappa shape index (κ2) is 7.67. The van der Waals surface area contributed by atoms with Crippen LogP contribution in [-0.2, 0) is 14.3 Å². The van der Waals surface area contributed by atoms with E-state index in [4.69, 9.17) is 14.2 Å². The van der Waals surface area contributed by atoms with Crippen LogP contribution in [0.15, 0.2) is 24.3 Å². The van der Waals surface area contributed by atoms with E-state index in [0.717, 1.165) is 12.8 Å². The zero-order valence-electron chi connectivity index (χ0n) is 13.5. The van der Waals surface area contributed by atoms with E-state index in [0.29, 0.717) is 17.1 Å². The summed E-state index contributed by atoms with van der Waals surface area (Å²) in [4.78, 5) is 23.6. The quantitative estimate of drug-likeness (QED) is 0.614. The molecule has 6 heteroatoms. The van der Waals surface area contributed by atoms with Gasteiger partial charge in [-0.2, -0.15) is 0 Å². The minimum atomic E-state index is -0.819. The predicted octanol–water partition coefficient (Wildman–Crippen LogP) is 1.93. The molecule has 6 nitrogen and oxygen atoms in total. The Morgan fingerprint density at radius 1 is 1.26 bits per heavy atom. The summed E-state index contributed by atoms with van der Waals surface area (Å²) in [5, 5.41) is 2.79. The summed E-state index contributed by atoms with van der Waals surface area (Å²) < 4.78 is 15.4. The number of esters is 1. The van der Waals surface area contributed by atoms with Gasteiger partial charge in [-0.05, 0) is 44.0 Å². The molecule has 124 valence electrons. The molecule has 1 atom stereocenters. The Labute approximate surface area is 135 Å². The Morgan fingerprint density at radius 3 is 2.61 bits per heavy atom. The van der Waals surface area contributed by atoms with Crippen molar-refractivity contribution in [1.29, 1.82) is 0 Å². The number of carbonyl (C=O) groups excluding carboxylic acids is 2. The van der Waals surface area contributed by atoms with Crippen LogP contribution >= 0.6 is 0 Å². The molecule has 1 N–H and O–H groups in total. The van der Waals surface area contributed by atoms with E-state index >= 15 is 0 Å². The van der Waals surface area contributed by atoms with Gasteiger partial charge in [0.25, 0.3) is 5.91 Å². The summed E-state index contributed by atoms with van der Waals surface area (Å²) in [6.07, 6.45) is 3.98. The van der Waals surface area contributed by atoms with Crippen molar-refractivity contribution in [2.75, 3.05) is 14.2 Å². The largest absolute Gasteiger partial charge is 0.497 e. The van der Waals surface area contributed by atoms with E-state index in [9.17, 15) is 9.59 Å².